The number of fused-ring (bicyclic) bond motifs is 3. The number of rotatable bonds is 4. The van der Waals surface area contributed by atoms with Crippen LogP contribution < -0.4 is 0 Å². The van der Waals surface area contributed by atoms with Crippen molar-refractivity contribution in [2.45, 2.75) is 6.42 Å². The van der Waals surface area contributed by atoms with E-state index in [0.29, 0.717) is 0 Å². The molecule has 23 heavy (non-hydrogen) atoms. The SMILES string of the molecule is O=C(Cl)C=Cc1ccc2c(c1)Cc1cc(C=CC(=O)Cl)ccc1-2. The first-order valence-corrected chi connectivity index (χ1v) is 7.80. The lowest BCUT2D eigenvalue weighted by molar-refractivity contribution is -0.108. The molecule has 2 aromatic carbocycles. The van der Waals surface area contributed by atoms with Gasteiger partial charge in [-0.2, -0.15) is 0 Å². The van der Waals surface area contributed by atoms with Crippen LogP contribution in [0.2, 0.25) is 0 Å². The number of hydrogen-bond donors (Lipinski definition) is 0. The fourth-order valence-corrected chi connectivity index (χ4v) is 2.91. The lowest BCUT2D eigenvalue weighted by Crippen LogP contribution is -1.83. The Balaban J connectivity index is 1.91. The molecule has 0 saturated heterocycles. The summed E-state index contributed by atoms with van der Waals surface area (Å²) in [6, 6.07) is 12.1. The van der Waals surface area contributed by atoms with E-state index in [9.17, 15) is 9.59 Å². The number of carbonyl (C=O) groups is 2. The Morgan fingerprint density at radius 1 is 0.783 bits per heavy atom. The van der Waals surface area contributed by atoms with Crippen LogP contribution in [0.25, 0.3) is 23.3 Å². The van der Waals surface area contributed by atoms with Gasteiger partial charge in [-0.05, 0) is 75.2 Å². The average Bonchev–Trinajstić information content (AvgIpc) is 2.87. The third kappa shape index (κ3) is 3.61. The first-order valence-electron chi connectivity index (χ1n) is 7.04. The zero-order chi connectivity index (χ0) is 16.4. The minimum absolute atomic E-state index is 0.487. The Hall–Kier alpha value is -2.16. The summed E-state index contributed by atoms with van der Waals surface area (Å²) in [7, 11) is 0. The van der Waals surface area contributed by atoms with Crippen LogP contribution in [-0.2, 0) is 16.0 Å². The molecule has 0 spiro atoms. The van der Waals surface area contributed by atoms with Crippen molar-refractivity contribution in [1.82, 2.24) is 0 Å². The van der Waals surface area contributed by atoms with E-state index in [0.717, 1.165) is 17.5 Å². The van der Waals surface area contributed by atoms with Gasteiger partial charge in [-0.3, -0.25) is 9.59 Å². The molecule has 0 amide bonds. The average molecular weight is 343 g/mol. The molecular weight excluding hydrogens is 331 g/mol. The van der Waals surface area contributed by atoms with Gasteiger partial charge in [0.25, 0.3) is 0 Å². The van der Waals surface area contributed by atoms with Gasteiger partial charge in [0.1, 0.15) is 0 Å². The number of benzene rings is 2. The smallest absolute Gasteiger partial charge is 0.245 e. The van der Waals surface area contributed by atoms with Gasteiger partial charge >= 0.3 is 0 Å². The summed E-state index contributed by atoms with van der Waals surface area (Å²) in [6.07, 6.45) is 6.92. The second-order valence-corrected chi connectivity index (χ2v) is 6.03. The van der Waals surface area contributed by atoms with Gasteiger partial charge in [0.05, 0.1) is 0 Å². The van der Waals surface area contributed by atoms with Gasteiger partial charge in [-0.1, -0.05) is 48.6 Å². The Morgan fingerprint density at radius 2 is 1.22 bits per heavy atom. The van der Waals surface area contributed by atoms with Crippen LogP contribution in [0.15, 0.2) is 48.6 Å². The Labute approximate surface area is 144 Å². The number of hydrogen-bond acceptors (Lipinski definition) is 2. The van der Waals surface area contributed by atoms with Crippen molar-refractivity contribution < 1.29 is 9.59 Å². The highest BCUT2D eigenvalue weighted by Gasteiger charge is 2.18. The van der Waals surface area contributed by atoms with Gasteiger partial charge in [0.2, 0.25) is 10.5 Å². The highest BCUT2D eigenvalue weighted by Crippen LogP contribution is 2.37. The van der Waals surface area contributed by atoms with E-state index in [4.69, 9.17) is 23.2 Å². The summed E-state index contributed by atoms with van der Waals surface area (Å²) < 4.78 is 0. The number of allylic oxidation sites excluding steroid dienone is 2. The van der Waals surface area contributed by atoms with E-state index >= 15 is 0 Å². The normalized spacial score (nSPS) is 12.6. The van der Waals surface area contributed by atoms with Crippen LogP contribution in [0.5, 0.6) is 0 Å². The first-order chi connectivity index (χ1) is 11.0. The standard InChI is InChI=1S/C19H12Cl2O2/c20-18(22)7-3-12-1-5-16-14(9-12)11-15-10-13(2-6-17(15)16)4-8-19(21)23/h1-10H,11H2. The molecule has 1 aliphatic carbocycles. The molecule has 0 unspecified atom stereocenters. The molecular formula is C19H12Cl2O2. The van der Waals surface area contributed by atoms with E-state index in [1.807, 2.05) is 12.1 Å². The van der Waals surface area contributed by atoms with Gasteiger partial charge in [-0.25, -0.2) is 0 Å². The fourth-order valence-electron chi connectivity index (χ4n) is 2.78. The summed E-state index contributed by atoms with van der Waals surface area (Å²) in [5.41, 5.74) is 6.69. The first kappa shape index (κ1) is 15.7. The molecule has 2 nitrogen and oxygen atoms in total. The molecule has 4 heteroatoms. The number of carbonyl (C=O) groups excluding carboxylic acids is 2. The predicted octanol–water partition coefficient (Wildman–Crippen LogP) is 4.82. The molecule has 0 radical (unpaired) electrons. The molecule has 0 aromatic heterocycles. The quantitative estimate of drug-likeness (QED) is 0.503. The van der Waals surface area contributed by atoms with Gasteiger partial charge in [-0.15, -0.1) is 0 Å². The van der Waals surface area contributed by atoms with Crippen molar-refractivity contribution in [3.8, 4) is 11.1 Å². The van der Waals surface area contributed by atoms with Crippen molar-refractivity contribution in [2.75, 3.05) is 0 Å². The predicted molar refractivity (Wildman–Crippen MR) is 94.5 cm³/mol. The fraction of sp³-hybridized carbons (Fsp3) is 0.0526. The van der Waals surface area contributed by atoms with Crippen LogP contribution in [0.4, 0.5) is 0 Å². The van der Waals surface area contributed by atoms with Crippen LogP contribution >= 0.6 is 23.2 Å². The molecule has 0 atom stereocenters. The molecule has 0 saturated carbocycles. The molecule has 0 bridgehead atoms. The Kier molecular flexibility index (Phi) is 4.46. The molecule has 0 fully saturated rings. The molecule has 0 aliphatic heterocycles. The minimum atomic E-state index is -0.487. The van der Waals surface area contributed by atoms with E-state index in [2.05, 4.69) is 24.3 Å². The molecule has 0 N–H and O–H groups in total. The van der Waals surface area contributed by atoms with E-state index in [1.165, 1.54) is 34.4 Å². The molecule has 2 aromatic rings. The molecule has 1 aliphatic rings. The minimum Gasteiger partial charge on any atom is -0.276 e. The van der Waals surface area contributed by atoms with Crippen LogP contribution in [0, 0.1) is 0 Å². The maximum Gasteiger partial charge on any atom is 0.245 e. The monoisotopic (exact) mass is 342 g/mol. The number of halogens is 2. The topological polar surface area (TPSA) is 34.1 Å². The second kappa shape index (κ2) is 6.53. The Bertz CT molecular complexity index is 792. The third-order valence-electron chi connectivity index (χ3n) is 3.74. The Morgan fingerprint density at radius 3 is 1.61 bits per heavy atom. The molecule has 3 rings (SSSR count). The van der Waals surface area contributed by atoms with E-state index < -0.39 is 10.5 Å². The molecule has 114 valence electrons. The maximum atomic E-state index is 10.8. The third-order valence-corrected chi connectivity index (χ3v) is 4.00. The highest BCUT2D eigenvalue weighted by atomic mass is 35.5. The summed E-state index contributed by atoms with van der Waals surface area (Å²) in [4.78, 5) is 21.6. The van der Waals surface area contributed by atoms with Gasteiger partial charge in [0.15, 0.2) is 0 Å². The van der Waals surface area contributed by atoms with Gasteiger partial charge < -0.3 is 0 Å². The van der Waals surface area contributed by atoms with Crippen LogP contribution in [-0.4, -0.2) is 10.5 Å². The maximum absolute atomic E-state index is 10.8. The second-order valence-electron chi connectivity index (χ2n) is 5.28. The van der Waals surface area contributed by atoms with Crippen molar-refractivity contribution in [1.29, 1.82) is 0 Å². The van der Waals surface area contributed by atoms with Crippen molar-refractivity contribution in [3.63, 3.8) is 0 Å². The largest absolute Gasteiger partial charge is 0.276 e. The lowest BCUT2D eigenvalue weighted by Gasteiger charge is -2.02. The summed E-state index contributed by atoms with van der Waals surface area (Å²) in [6.45, 7) is 0. The zero-order valence-corrected chi connectivity index (χ0v) is 13.6. The van der Waals surface area contributed by atoms with Crippen LogP contribution in [0.3, 0.4) is 0 Å². The van der Waals surface area contributed by atoms with Crippen LogP contribution in [0.1, 0.15) is 22.3 Å². The van der Waals surface area contributed by atoms with Crippen molar-refractivity contribution >= 4 is 45.8 Å². The zero-order valence-electron chi connectivity index (χ0n) is 12.1. The van der Waals surface area contributed by atoms with Gasteiger partial charge in [0, 0.05) is 0 Å². The van der Waals surface area contributed by atoms with E-state index in [1.54, 1.807) is 12.2 Å². The van der Waals surface area contributed by atoms with Crippen molar-refractivity contribution in [3.05, 3.63) is 70.8 Å². The summed E-state index contributed by atoms with van der Waals surface area (Å²) in [5, 5.41) is -0.974. The highest BCUT2D eigenvalue weighted by molar-refractivity contribution is 6.67. The summed E-state index contributed by atoms with van der Waals surface area (Å²) in [5.74, 6) is 0. The summed E-state index contributed by atoms with van der Waals surface area (Å²) >= 11 is 10.6. The lowest BCUT2D eigenvalue weighted by atomic mass is 10.0. The van der Waals surface area contributed by atoms with Crippen molar-refractivity contribution in [2.24, 2.45) is 0 Å². The molecule has 0 heterocycles. The van der Waals surface area contributed by atoms with E-state index in [-0.39, 0.29) is 0 Å².